The lowest BCUT2D eigenvalue weighted by Crippen LogP contribution is -2.36. The standard InChI is InChI=1S/C19H20ClN3S2/c1-12-6-4-5-7-16(12)22-19-23(11-14(3)25-19)18(24)21-17-10-15(20)9-8-13(17)2/h4-10,14H,11H2,1-3H3,(H,21,24)/b22-19+. The number of halogens is 1. The molecule has 0 saturated carbocycles. The number of anilines is 1. The van der Waals surface area contributed by atoms with E-state index in [1.165, 1.54) is 0 Å². The molecule has 0 spiro atoms. The van der Waals surface area contributed by atoms with Gasteiger partial charge in [-0.05, 0) is 55.4 Å². The molecular weight excluding hydrogens is 370 g/mol. The number of aliphatic imine (C=N–C) groups is 1. The summed E-state index contributed by atoms with van der Waals surface area (Å²) in [5, 5.41) is 6.02. The number of para-hydroxylation sites is 1. The fraction of sp³-hybridized carbons (Fsp3) is 0.263. The smallest absolute Gasteiger partial charge is 0.179 e. The van der Waals surface area contributed by atoms with Crippen molar-refractivity contribution in [1.82, 2.24) is 4.90 Å². The Morgan fingerprint density at radius 3 is 2.76 bits per heavy atom. The van der Waals surface area contributed by atoms with Crippen molar-refractivity contribution in [3.63, 3.8) is 0 Å². The summed E-state index contributed by atoms with van der Waals surface area (Å²) in [5.74, 6) is 0. The Balaban J connectivity index is 1.85. The summed E-state index contributed by atoms with van der Waals surface area (Å²) in [4.78, 5) is 6.91. The summed E-state index contributed by atoms with van der Waals surface area (Å²) in [6.07, 6.45) is 0. The van der Waals surface area contributed by atoms with E-state index in [1.54, 1.807) is 11.8 Å². The van der Waals surface area contributed by atoms with Crippen molar-refractivity contribution in [3.8, 4) is 0 Å². The van der Waals surface area contributed by atoms with Gasteiger partial charge in [-0.25, -0.2) is 4.99 Å². The highest BCUT2D eigenvalue weighted by atomic mass is 35.5. The molecule has 130 valence electrons. The summed E-state index contributed by atoms with van der Waals surface area (Å²) in [6.45, 7) is 7.12. The zero-order chi connectivity index (χ0) is 18.0. The highest BCUT2D eigenvalue weighted by Gasteiger charge is 2.29. The first-order chi connectivity index (χ1) is 11.9. The van der Waals surface area contributed by atoms with Gasteiger partial charge in [0.2, 0.25) is 0 Å². The fourth-order valence-corrected chi connectivity index (χ4v) is 4.10. The minimum absolute atomic E-state index is 0.433. The molecule has 3 rings (SSSR count). The average molecular weight is 390 g/mol. The van der Waals surface area contributed by atoms with Gasteiger partial charge in [-0.2, -0.15) is 0 Å². The van der Waals surface area contributed by atoms with Gasteiger partial charge in [0.25, 0.3) is 0 Å². The largest absolute Gasteiger partial charge is 0.332 e. The minimum Gasteiger partial charge on any atom is -0.332 e. The first-order valence-corrected chi connectivity index (χ1v) is 9.76. The van der Waals surface area contributed by atoms with E-state index in [1.807, 2.05) is 43.3 Å². The molecule has 0 aliphatic carbocycles. The van der Waals surface area contributed by atoms with Gasteiger partial charge in [0.05, 0.1) is 5.69 Å². The van der Waals surface area contributed by atoms with E-state index < -0.39 is 0 Å². The van der Waals surface area contributed by atoms with Crippen LogP contribution >= 0.6 is 35.6 Å². The molecule has 1 atom stereocenters. The molecule has 1 fully saturated rings. The van der Waals surface area contributed by atoms with Crippen LogP contribution in [0.15, 0.2) is 47.5 Å². The number of rotatable bonds is 2. The lowest BCUT2D eigenvalue weighted by molar-refractivity contribution is 0.641. The Bertz CT molecular complexity index is 835. The first-order valence-electron chi connectivity index (χ1n) is 8.09. The highest BCUT2D eigenvalue weighted by Crippen LogP contribution is 2.30. The van der Waals surface area contributed by atoms with Gasteiger partial charge in [0.1, 0.15) is 0 Å². The number of thioether (sulfide) groups is 1. The van der Waals surface area contributed by atoms with E-state index >= 15 is 0 Å². The Kier molecular flexibility index (Phi) is 5.67. The van der Waals surface area contributed by atoms with Crippen LogP contribution in [-0.2, 0) is 0 Å². The van der Waals surface area contributed by atoms with E-state index in [0.717, 1.165) is 34.2 Å². The van der Waals surface area contributed by atoms with Crippen LogP contribution in [0, 0.1) is 13.8 Å². The Morgan fingerprint density at radius 1 is 1.24 bits per heavy atom. The SMILES string of the molecule is Cc1ccccc1/N=C1/SC(C)CN1C(=S)Nc1cc(Cl)ccc1C. The molecule has 3 nitrogen and oxygen atoms in total. The Hall–Kier alpha value is -1.56. The quantitative estimate of drug-likeness (QED) is 0.659. The molecule has 2 aromatic rings. The van der Waals surface area contributed by atoms with Crippen molar-refractivity contribution in [2.24, 2.45) is 4.99 Å². The lowest BCUT2D eigenvalue weighted by atomic mass is 10.2. The third-order valence-corrected chi connectivity index (χ3v) is 5.63. The number of nitrogens with one attached hydrogen (secondary N) is 1. The molecule has 1 aliphatic rings. The van der Waals surface area contributed by atoms with Gasteiger partial charge in [-0.1, -0.05) is 54.6 Å². The Labute approximate surface area is 163 Å². The highest BCUT2D eigenvalue weighted by molar-refractivity contribution is 8.14. The Morgan fingerprint density at radius 2 is 2.00 bits per heavy atom. The monoisotopic (exact) mass is 389 g/mol. The summed E-state index contributed by atoms with van der Waals surface area (Å²) >= 11 is 13.5. The lowest BCUT2D eigenvalue weighted by Gasteiger charge is -2.21. The van der Waals surface area contributed by atoms with Gasteiger partial charge in [0.15, 0.2) is 10.3 Å². The normalized spacial score (nSPS) is 18.6. The number of aryl methyl sites for hydroxylation is 2. The van der Waals surface area contributed by atoms with Crippen molar-refractivity contribution in [2.45, 2.75) is 26.0 Å². The zero-order valence-electron chi connectivity index (χ0n) is 14.4. The molecule has 0 radical (unpaired) electrons. The number of benzene rings is 2. The van der Waals surface area contributed by atoms with Gasteiger partial charge < -0.3 is 5.32 Å². The molecule has 0 aromatic heterocycles. The third-order valence-electron chi connectivity index (χ3n) is 4.00. The number of amidine groups is 1. The van der Waals surface area contributed by atoms with Crippen molar-refractivity contribution in [3.05, 3.63) is 58.6 Å². The van der Waals surface area contributed by atoms with Crippen LogP contribution in [0.1, 0.15) is 18.1 Å². The first kappa shape index (κ1) is 18.2. The molecule has 0 bridgehead atoms. The van der Waals surface area contributed by atoms with Crippen LogP contribution in [-0.4, -0.2) is 27.0 Å². The van der Waals surface area contributed by atoms with E-state index in [4.69, 9.17) is 28.8 Å². The summed E-state index contributed by atoms with van der Waals surface area (Å²) in [7, 11) is 0. The molecule has 2 aromatic carbocycles. The van der Waals surface area contributed by atoms with Crippen molar-refractivity contribution in [2.75, 3.05) is 11.9 Å². The van der Waals surface area contributed by atoms with Crippen LogP contribution in [0.3, 0.4) is 0 Å². The van der Waals surface area contributed by atoms with Gasteiger partial charge in [-0.3, -0.25) is 4.90 Å². The maximum absolute atomic E-state index is 6.11. The zero-order valence-corrected chi connectivity index (χ0v) is 16.8. The van der Waals surface area contributed by atoms with Crippen molar-refractivity contribution < 1.29 is 0 Å². The molecular formula is C19H20ClN3S2. The van der Waals surface area contributed by atoms with Crippen LogP contribution in [0.2, 0.25) is 5.02 Å². The maximum Gasteiger partial charge on any atom is 0.179 e. The molecule has 1 aliphatic heterocycles. The van der Waals surface area contributed by atoms with Crippen LogP contribution in [0.4, 0.5) is 11.4 Å². The molecule has 1 N–H and O–H groups in total. The third kappa shape index (κ3) is 4.35. The summed E-state index contributed by atoms with van der Waals surface area (Å²) < 4.78 is 0. The molecule has 1 unspecified atom stereocenters. The van der Waals surface area contributed by atoms with Crippen LogP contribution in [0.25, 0.3) is 0 Å². The topological polar surface area (TPSA) is 27.6 Å². The van der Waals surface area contributed by atoms with E-state index in [0.29, 0.717) is 15.4 Å². The van der Waals surface area contributed by atoms with Gasteiger partial charge >= 0.3 is 0 Å². The van der Waals surface area contributed by atoms with Crippen LogP contribution < -0.4 is 5.32 Å². The summed E-state index contributed by atoms with van der Waals surface area (Å²) in [5.41, 5.74) is 4.16. The molecule has 25 heavy (non-hydrogen) atoms. The van der Waals surface area contributed by atoms with Gasteiger partial charge in [-0.15, -0.1) is 0 Å². The molecule has 0 amide bonds. The number of hydrogen-bond acceptors (Lipinski definition) is 3. The number of thiocarbonyl (C=S) groups is 1. The number of hydrogen-bond donors (Lipinski definition) is 1. The maximum atomic E-state index is 6.11. The van der Waals surface area contributed by atoms with E-state index in [9.17, 15) is 0 Å². The van der Waals surface area contributed by atoms with Crippen LogP contribution in [0.5, 0.6) is 0 Å². The average Bonchev–Trinajstić information content (AvgIpc) is 2.94. The molecule has 1 heterocycles. The second-order valence-corrected chi connectivity index (χ2v) is 8.34. The second-order valence-electron chi connectivity index (χ2n) is 6.11. The second kappa shape index (κ2) is 7.77. The fourth-order valence-electron chi connectivity index (χ4n) is 2.58. The summed E-state index contributed by atoms with van der Waals surface area (Å²) in [6, 6.07) is 13.9. The minimum atomic E-state index is 0.433. The van der Waals surface area contributed by atoms with E-state index in [2.05, 4.69) is 30.1 Å². The molecule has 6 heteroatoms. The van der Waals surface area contributed by atoms with Crippen molar-refractivity contribution in [1.29, 1.82) is 0 Å². The van der Waals surface area contributed by atoms with Crippen molar-refractivity contribution >= 4 is 57.2 Å². The molecule has 1 saturated heterocycles. The predicted molar refractivity (Wildman–Crippen MR) is 114 cm³/mol. The number of nitrogens with zero attached hydrogens (tertiary/aromatic N) is 2. The van der Waals surface area contributed by atoms with E-state index in [-0.39, 0.29) is 0 Å². The van der Waals surface area contributed by atoms with Gasteiger partial charge in [0, 0.05) is 22.5 Å². The predicted octanol–water partition coefficient (Wildman–Crippen LogP) is 5.78.